The van der Waals surface area contributed by atoms with Crippen LogP contribution in [-0.4, -0.2) is 21.9 Å². The number of nitrogens with zero attached hydrogens (tertiary/aromatic N) is 2. The minimum absolute atomic E-state index is 0.102. The molecule has 0 spiro atoms. The molecule has 7 heteroatoms. The number of aromatic nitrogens is 1. The van der Waals surface area contributed by atoms with E-state index in [1.54, 1.807) is 54.9 Å². The van der Waals surface area contributed by atoms with E-state index in [4.69, 9.17) is 4.42 Å². The van der Waals surface area contributed by atoms with Gasteiger partial charge in [-0.1, -0.05) is 60.7 Å². The van der Waals surface area contributed by atoms with E-state index in [1.165, 1.54) is 11.2 Å². The number of pyridine rings is 1. The Hall–Kier alpha value is -5.17. The largest absolute Gasteiger partial charge is 0.508 e. The van der Waals surface area contributed by atoms with E-state index in [1.807, 2.05) is 67.6 Å². The lowest BCUT2D eigenvalue weighted by Gasteiger charge is -2.31. The van der Waals surface area contributed by atoms with Gasteiger partial charge in [0, 0.05) is 23.6 Å². The van der Waals surface area contributed by atoms with Crippen LogP contribution in [0.3, 0.4) is 0 Å². The number of phenols is 1. The Morgan fingerprint density at radius 1 is 0.846 bits per heavy atom. The van der Waals surface area contributed by atoms with Gasteiger partial charge >= 0.3 is 0 Å². The first-order valence-corrected chi connectivity index (χ1v) is 12.5. The number of anilines is 1. The Morgan fingerprint density at radius 3 is 2.26 bits per heavy atom. The second-order valence-electron chi connectivity index (χ2n) is 9.08. The SMILES string of the molecule is C[C@@H](NC(=O)[C@@H](c1cccnc1)N(C(=O)c1ccco1)c1ccc(-c2ccccc2)cc1)c1cccc(O)c1. The molecule has 0 unspecified atom stereocenters. The number of benzene rings is 3. The molecule has 0 saturated heterocycles. The summed E-state index contributed by atoms with van der Waals surface area (Å²) in [6.07, 6.45) is 4.61. The predicted molar refractivity (Wildman–Crippen MR) is 149 cm³/mol. The van der Waals surface area contributed by atoms with E-state index in [9.17, 15) is 14.7 Å². The topological polar surface area (TPSA) is 95.7 Å². The van der Waals surface area contributed by atoms with Crippen LogP contribution in [0.25, 0.3) is 11.1 Å². The summed E-state index contributed by atoms with van der Waals surface area (Å²) in [6.45, 7) is 1.82. The first-order valence-electron chi connectivity index (χ1n) is 12.5. The predicted octanol–water partition coefficient (Wildman–Crippen LogP) is 6.31. The van der Waals surface area contributed by atoms with Crippen LogP contribution in [0.1, 0.15) is 40.7 Å². The fourth-order valence-corrected chi connectivity index (χ4v) is 4.47. The van der Waals surface area contributed by atoms with Crippen molar-refractivity contribution in [3.05, 3.63) is 139 Å². The number of carbonyl (C=O) groups excluding carboxylic acids is 2. The standard InChI is InChI=1S/C32H27N3O4/c1-22(25-10-5-12-28(36)20-25)34-31(37)30(26-11-6-18-33-21-26)35(32(38)29-13-7-19-39-29)27-16-14-24(15-17-27)23-8-3-2-4-9-23/h2-22,30,36H,1H3,(H,34,37)/t22-,30-/m1/s1. The molecule has 7 nitrogen and oxygen atoms in total. The van der Waals surface area contributed by atoms with Crippen LogP contribution in [0, 0.1) is 0 Å². The molecule has 194 valence electrons. The number of aromatic hydroxyl groups is 1. The molecule has 5 aromatic rings. The quantitative estimate of drug-likeness (QED) is 0.251. The number of amides is 2. The number of hydrogen-bond acceptors (Lipinski definition) is 5. The third kappa shape index (κ3) is 5.72. The summed E-state index contributed by atoms with van der Waals surface area (Å²) in [5.74, 6) is -0.678. The number of carbonyl (C=O) groups is 2. The fourth-order valence-electron chi connectivity index (χ4n) is 4.47. The van der Waals surface area contributed by atoms with Crippen molar-refractivity contribution in [3.8, 4) is 16.9 Å². The summed E-state index contributed by atoms with van der Waals surface area (Å²) in [4.78, 5) is 33.5. The average molecular weight is 518 g/mol. The number of phenolic OH excluding ortho intramolecular Hbond substituents is 1. The molecule has 0 saturated carbocycles. The van der Waals surface area contributed by atoms with Crippen molar-refractivity contribution in [2.45, 2.75) is 19.0 Å². The van der Waals surface area contributed by atoms with Gasteiger partial charge in [-0.05, 0) is 66.1 Å². The number of hydrogen-bond donors (Lipinski definition) is 2. The van der Waals surface area contributed by atoms with Gasteiger partial charge in [0.2, 0.25) is 5.91 Å². The van der Waals surface area contributed by atoms with Crippen molar-refractivity contribution in [2.75, 3.05) is 4.90 Å². The van der Waals surface area contributed by atoms with E-state index in [-0.39, 0.29) is 11.5 Å². The minimum atomic E-state index is -1.06. The lowest BCUT2D eigenvalue weighted by Crippen LogP contribution is -2.44. The third-order valence-corrected chi connectivity index (χ3v) is 6.44. The normalized spacial score (nSPS) is 12.3. The van der Waals surface area contributed by atoms with Crippen molar-refractivity contribution in [3.63, 3.8) is 0 Å². The summed E-state index contributed by atoms with van der Waals surface area (Å²) >= 11 is 0. The molecule has 2 aromatic heterocycles. The molecule has 5 rings (SSSR count). The van der Waals surface area contributed by atoms with Gasteiger partial charge in [-0.2, -0.15) is 0 Å². The highest BCUT2D eigenvalue weighted by molar-refractivity contribution is 6.08. The zero-order valence-corrected chi connectivity index (χ0v) is 21.3. The monoisotopic (exact) mass is 517 g/mol. The molecule has 2 heterocycles. The van der Waals surface area contributed by atoms with E-state index in [0.29, 0.717) is 11.3 Å². The first kappa shape index (κ1) is 25.5. The Labute approximate surface area is 226 Å². The zero-order chi connectivity index (χ0) is 27.2. The van der Waals surface area contributed by atoms with Gasteiger partial charge in [-0.25, -0.2) is 0 Å². The van der Waals surface area contributed by atoms with Crippen LogP contribution in [0.4, 0.5) is 5.69 Å². The smallest absolute Gasteiger partial charge is 0.294 e. The lowest BCUT2D eigenvalue weighted by atomic mass is 10.0. The van der Waals surface area contributed by atoms with Crippen molar-refractivity contribution < 1.29 is 19.1 Å². The molecule has 0 bridgehead atoms. The Bertz CT molecular complexity index is 1540. The number of rotatable bonds is 8. The fraction of sp³-hybridized carbons (Fsp3) is 0.0938. The van der Waals surface area contributed by atoms with Gasteiger partial charge in [0.25, 0.3) is 5.91 Å². The number of nitrogens with one attached hydrogen (secondary N) is 1. The van der Waals surface area contributed by atoms with Crippen LogP contribution in [0.2, 0.25) is 0 Å². The van der Waals surface area contributed by atoms with E-state index in [2.05, 4.69) is 10.3 Å². The van der Waals surface area contributed by atoms with Crippen molar-refractivity contribution >= 4 is 17.5 Å². The molecule has 2 atom stereocenters. The molecular formula is C32H27N3O4. The zero-order valence-electron chi connectivity index (χ0n) is 21.3. The maximum atomic E-state index is 14.0. The molecule has 0 aliphatic heterocycles. The highest BCUT2D eigenvalue weighted by atomic mass is 16.3. The van der Waals surface area contributed by atoms with Crippen LogP contribution in [0.5, 0.6) is 5.75 Å². The van der Waals surface area contributed by atoms with Gasteiger partial charge in [-0.3, -0.25) is 19.5 Å². The maximum absolute atomic E-state index is 14.0. The lowest BCUT2D eigenvalue weighted by molar-refractivity contribution is -0.123. The van der Waals surface area contributed by atoms with Gasteiger partial charge in [0.05, 0.1) is 12.3 Å². The third-order valence-electron chi connectivity index (χ3n) is 6.44. The summed E-state index contributed by atoms with van der Waals surface area (Å²) in [7, 11) is 0. The Balaban J connectivity index is 1.56. The van der Waals surface area contributed by atoms with E-state index in [0.717, 1.165) is 16.7 Å². The van der Waals surface area contributed by atoms with Gasteiger partial charge in [-0.15, -0.1) is 0 Å². The average Bonchev–Trinajstić information content (AvgIpc) is 3.52. The highest BCUT2D eigenvalue weighted by Crippen LogP contribution is 2.32. The van der Waals surface area contributed by atoms with Crippen LogP contribution < -0.4 is 10.2 Å². The first-order chi connectivity index (χ1) is 19.0. The van der Waals surface area contributed by atoms with Crippen molar-refractivity contribution in [1.82, 2.24) is 10.3 Å². The summed E-state index contributed by atoms with van der Waals surface area (Å²) in [6, 6.07) is 29.3. The maximum Gasteiger partial charge on any atom is 0.294 e. The Kier molecular flexibility index (Phi) is 7.50. The molecule has 2 N–H and O–H groups in total. The summed E-state index contributed by atoms with van der Waals surface area (Å²) < 4.78 is 5.45. The summed E-state index contributed by atoms with van der Waals surface area (Å²) in [5, 5.41) is 12.9. The molecule has 2 amide bonds. The molecule has 3 aromatic carbocycles. The Morgan fingerprint density at radius 2 is 1.59 bits per heavy atom. The van der Waals surface area contributed by atoms with Crippen LogP contribution >= 0.6 is 0 Å². The molecule has 0 radical (unpaired) electrons. The van der Waals surface area contributed by atoms with Crippen molar-refractivity contribution in [2.24, 2.45) is 0 Å². The second-order valence-corrected chi connectivity index (χ2v) is 9.08. The van der Waals surface area contributed by atoms with Crippen LogP contribution in [0.15, 0.2) is 126 Å². The second kappa shape index (κ2) is 11.5. The molecule has 0 fully saturated rings. The van der Waals surface area contributed by atoms with Gasteiger partial charge in [0.15, 0.2) is 5.76 Å². The van der Waals surface area contributed by atoms with Crippen LogP contribution in [-0.2, 0) is 4.79 Å². The van der Waals surface area contributed by atoms with Gasteiger partial charge in [0.1, 0.15) is 11.8 Å². The molecule has 0 aliphatic rings. The minimum Gasteiger partial charge on any atom is -0.508 e. The summed E-state index contributed by atoms with van der Waals surface area (Å²) in [5.41, 5.74) is 3.79. The molecular weight excluding hydrogens is 490 g/mol. The van der Waals surface area contributed by atoms with E-state index < -0.39 is 23.9 Å². The number of furan rings is 1. The van der Waals surface area contributed by atoms with Crippen molar-refractivity contribution in [1.29, 1.82) is 0 Å². The molecule has 39 heavy (non-hydrogen) atoms. The highest BCUT2D eigenvalue weighted by Gasteiger charge is 2.35. The van der Waals surface area contributed by atoms with E-state index >= 15 is 0 Å². The molecule has 0 aliphatic carbocycles. The van der Waals surface area contributed by atoms with Gasteiger partial charge < -0.3 is 14.8 Å².